The Balaban J connectivity index is 1.75. The fourth-order valence-corrected chi connectivity index (χ4v) is 3.90. The SMILES string of the molecule is Cc1cccc(-c2nc3n(CC(=O)N4CCCC[C@@H]4C)c(C)cc(=O)n3n2)c1. The number of hydrogen-bond donors (Lipinski definition) is 0. The lowest BCUT2D eigenvalue weighted by atomic mass is 10.0. The molecule has 1 aromatic carbocycles. The number of nitrogens with zero attached hydrogens (tertiary/aromatic N) is 5. The van der Waals surface area contributed by atoms with Crippen LogP contribution in [-0.4, -0.2) is 42.6 Å². The smallest absolute Gasteiger partial charge is 0.275 e. The van der Waals surface area contributed by atoms with Crippen LogP contribution < -0.4 is 5.56 Å². The van der Waals surface area contributed by atoms with E-state index in [0.29, 0.717) is 17.3 Å². The summed E-state index contributed by atoms with van der Waals surface area (Å²) >= 11 is 0. The van der Waals surface area contributed by atoms with E-state index in [1.165, 1.54) is 10.6 Å². The van der Waals surface area contributed by atoms with Crippen molar-refractivity contribution < 1.29 is 4.79 Å². The second-order valence-corrected chi connectivity index (χ2v) is 7.66. The van der Waals surface area contributed by atoms with Crippen LogP contribution in [0.25, 0.3) is 17.2 Å². The van der Waals surface area contributed by atoms with Crippen molar-refractivity contribution in [1.29, 1.82) is 0 Å². The Hall–Kier alpha value is -2.96. The lowest BCUT2D eigenvalue weighted by Gasteiger charge is -2.33. The average molecular weight is 379 g/mol. The van der Waals surface area contributed by atoms with Gasteiger partial charge in [-0.1, -0.05) is 23.8 Å². The van der Waals surface area contributed by atoms with E-state index in [2.05, 4.69) is 17.0 Å². The molecule has 3 aromatic rings. The van der Waals surface area contributed by atoms with Crippen LogP contribution in [0.1, 0.15) is 37.4 Å². The van der Waals surface area contributed by atoms with Gasteiger partial charge in [0, 0.05) is 29.9 Å². The highest BCUT2D eigenvalue weighted by atomic mass is 16.2. The van der Waals surface area contributed by atoms with Gasteiger partial charge in [-0.15, -0.1) is 5.10 Å². The van der Waals surface area contributed by atoms with E-state index in [-0.39, 0.29) is 24.1 Å². The molecule has 4 rings (SSSR count). The van der Waals surface area contributed by atoms with E-state index in [0.717, 1.165) is 36.9 Å². The first kappa shape index (κ1) is 18.4. The average Bonchev–Trinajstić information content (AvgIpc) is 3.11. The Morgan fingerprint density at radius 3 is 2.79 bits per heavy atom. The third kappa shape index (κ3) is 3.32. The number of fused-ring (bicyclic) bond motifs is 1. The molecule has 0 spiro atoms. The highest BCUT2D eigenvalue weighted by Crippen LogP contribution is 2.19. The van der Waals surface area contributed by atoms with Crippen molar-refractivity contribution in [3.63, 3.8) is 0 Å². The van der Waals surface area contributed by atoms with Crippen LogP contribution in [0.3, 0.4) is 0 Å². The molecule has 28 heavy (non-hydrogen) atoms. The summed E-state index contributed by atoms with van der Waals surface area (Å²) in [7, 11) is 0. The van der Waals surface area contributed by atoms with Gasteiger partial charge < -0.3 is 9.47 Å². The number of amides is 1. The number of hydrogen-bond acceptors (Lipinski definition) is 4. The van der Waals surface area contributed by atoms with Crippen molar-refractivity contribution in [2.24, 2.45) is 0 Å². The number of rotatable bonds is 3. The summed E-state index contributed by atoms with van der Waals surface area (Å²) in [6, 6.07) is 9.60. The molecule has 1 atom stereocenters. The standard InChI is InChI=1S/C21H25N5O2/c1-14-7-6-9-17(11-14)20-22-21-25(16(3)12-18(27)26(21)23-20)13-19(28)24-10-5-4-8-15(24)2/h6-7,9,11-12,15H,4-5,8,10,13H2,1-3H3/t15-/m0/s1. The molecule has 2 aromatic heterocycles. The molecule has 3 heterocycles. The zero-order chi connectivity index (χ0) is 19.8. The van der Waals surface area contributed by atoms with Gasteiger partial charge >= 0.3 is 0 Å². The molecule has 0 saturated carbocycles. The zero-order valence-electron chi connectivity index (χ0n) is 16.6. The number of aryl methyl sites for hydroxylation is 2. The van der Waals surface area contributed by atoms with Gasteiger partial charge in [0.25, 0.3) is 5.56 Å². The number of aromatic nitrogens is 4. The predicted octanol–water partition coefficient (Wildman–Crippen LogP) is 2.58. The molecule has 146 valence electrons. The summed E-state index contributed by atoms with van der Waals surface area (Å²) in [6.07, 6.45) is 3.24. The quantitative estimate of drug-likeness (QED) is 0.701. The van der Waals surface area contributed by atoms with Crippen LogP contribution in [-0.2, 0) is 11.3 Å². The number of piperidine rings is 1. The number of carbonyl (C=O) groups is 1. The molecule has 1 amide bonds. The topological polar surface area (TPSA) is 72.5 Å². The van der Waals surface area contributed by atoms with E-state index in [1.807, 2.05) is 43.0 Å². The number of carbonyl (C=O) groups excluding carboxylic acids is 1. The predicted molar refractivity (Wildman–Crippen MR) is 107 cm³/mol. The minimum atomic E-state index is -0.242. The maximum absolute atomic E-state index is 12.9. The molecule has 1 saturated heterocycles. The van der Waals surface area contributed by atoms with Crippen molar-refractivity contribution in [2.75, 3.05) is 6.54 Å². The molecule has 1 aliphatic rings. The Morgan fingerprint density at radius 2 is 2.04 bits per heavy atom. The van der Waals surface area contributed by atoms with Crippen molar-refractivity contribution in [3.8, 4) is 11.4 Å². The normalized spacial score (nSPS) is 17.2. The molecular weight excluding hydrogens is 354 g/mol. The van der Waals surface area contributed by atoms with Crippen LogP contribution >= 0.6 is 0 Å². The van der Waals surface area contributed by atoms with Gasteiger partial charge in [0.15, 0.2) is 5.82 Å². The Bertz CT molecular complexity index is 1100. The zero-order valence-corrected chi connectivity index (χ0v) is 16.6. The first-order chi connectivity index (χ1) is 13.4. The summed E-state index contributed by atoms with van der Waals surface area (Å²) in [5, 5.41) is 4.41. The first-order valence-electron chi connectivity index (χ1n) is 9.78. The molecule has 0 unspecified atom stereocenters. The van der Waals surface area contributed by atoms with Crippen molar-refractivity contribution in [3.05, 3.63) is 51.9 Å². The Kier molecular flexibility index (Phi) is 4.75. The molecule has 1 fully saturated rings. The lowest BCUT2D eigenvalue weighted by molar-refractivity contribution is -0.135. The van der Waals surface area contributed by atoms with Gasteiger partial charge in [0.2, 0.25) is 11.7 Å². The van der Waals surface area contributed by atoms with Crippen molar-refractivity contribution >= 4 is 11.7 Å². The van der Waals surface area contributed by atoms with Crippen molar-refractivity contribution in [2.45, 2.75) is 52.6 Å². The summed E-state index contributed by atoms with van der Waals surface area (Å²) in [6.45, 7) is 6.87. The third-order valence-corrected chi connectivity index (χ3v) is 5.49. The second kappa shape index (κ2) is 7.22. The molecule has 0 radical (unpaired) electrons. The monoisotopic (exact) mass is 379 g/mol. The van der Waals surface area contributed by atoms with Gasteiger partial charge in [0.05, 0.1) is 0 Å². The third-order valence-electron chi connectivity index (χ3n) is 5.49. The van der Waals surface area contributed by atoms with E-state index in [9.17, 15) is 9.59 Å². The van der Waals surface area contributed by atoms with Crippen LogP contribution in [0, 0.1) is 13.8 Å². The Labute approximate surface area is 163 Å². The second-order valence-electron chi connectivity index (χ2n) is 7.66. The molecule has 0 N–H and O–H groups in total. The van der Waals surface area contributed by atoms with Crippen LogP contribution in [0.4, 0.5) is 0 Å². The number of likely N-dealkylation sites (tertiary alicyclic amines) is 1. The van der Waals surface area contributed by atoms with E-state index >= 15 is 0 Å². The minimum Gasteiger partial charge on any atom is -0.338 e. The van der Waals surface area contributed by atoms with Gasteiger partial charge in [-0.2, -0.15) is 9.50 Å². The summed E-state index contributed by atoms with van der Waals surface area (Å²) in [4.78, 5) is 32.0. The highest BCUT2D eigenvalue weighted by Gasteiger charge is 2.24. The van der Waals surface area contributed by atoms with Gasteiger partial charge in [-0.05, 0) is 46.1 Å². The Morgan fingerprint density at radius 1 is 1.21 bits per heavy atom. The molecule has 0 bridgehead atoms. The van der Waals surface area contributed by atoms with Gasteiger partial charge in [-0.3, -0.25) is 9.59 Å². The van der Waals surface area contributed by atoms with Crippen LogP contribution in [0.2, 0.25) is 0 Å². The molecule has 0 aliphatic carbocycles. The summed E-state index contributed by atoms with van der Waals surface area (Å²) < 4.78 is 3.08. The van der Waals surface area contributed by atoms with E-state index in [1.54, 1.807) is 4.57 Å². The van der Waals surface area contributed by atoms with E-state index < -0.39 is 0 Å². The fourth-order valence-electron chi connectivity index (χ4n) is 3.90. The van der Waals surface area contributed by atoms with Crippen LogP contribution in [0.15, 0.2) is 35.1 Å². The van der Waals surface area contributed by atoms with Gasteiger partial charge in [0.1, 0.15) is 6.54 Å². The fraction of sp³-hybridized carbons (Fsp3) is 0.429. The minimum absolute atomic E-state index is 0.0564. The molecule has 7 heteroatoms. The maximum atomic E-state index is 12.9. The molecule has 7 nitrogen and oxygen atoms in total. The first-order valence-corrected chi connectivity index (χ1v) is 9.78. The van der Waals surface area contributed by atoms with Gasteiger partial charge in [-0.25, -0.2) is 0 Å². The highest BCUT2D eigenvalue weighted by molar-refractivity contribution is 5.77. The molecular formula is C21H25N5O2. The number of benzene rings is 1. The van der Waals surface area contributed by atoms with Crippen LogP contribution in [0.5, 0.6) is 0 Å². The lowest BCUT2D eigenvalue weighted by Crippen LogP contribution is -2.44. The van der Waals surface area contributed by atoms with E-state index in [4.69, 9.17) is 0 Å². The summed E-state index contributed by atoms with van der Waals surface area (Å²) in [5.41, 5.74) is 2.41. The molecule has 1 aliphatic heterocycles. The largest absolute Gasteiger partial charge is 0.338 e. The van der Waals surface area contributed by atoms with Crippen molar-refractivity contribution in [1.82, 2.24) is 24.1 Å². The maximum Gasteiger partial charge on any atom is 0.275 e. The summed E-state index contributed by atoms with van der Waals surface area (Å²) in [5.74, 6) is 0.944.